The Balaban J connectivity index is 1.53. The summed E-state index contributed by atoms with van der Waals surface area (Å²) in [6, 6.07) is 13.9. The Morgan fingerprint density at radius 2 is 1.86 bits per heavy atom. The first-order chi connectivity index (χ1) is 16.9. The van der Waals surface area contributed by atoms with Crippen molar-refractivity contribution in [2.24, 2.45) is 0 Å². The highest BCUT2D eigenvalue weighted by atomic mass is 35.5. The van der Waals surface area contributed by atoms with E-state index < -0.39 is 8.25 Å². The summed E-state index contributed by atoms with van der Waals surface area (Å²) in [6.07, 6.45) is 5.77. The summed E-state index contributed by atoms with van der Waals surface area (Å²) in [5.41, 5.74) is 4.16. The molecular weight excluding hydrogens is 489 g/mol. The van der Waals surface area contributed by atoms with Crippen molar-refractivity contribution in [3.8, 4) is 22.6 Å². The third-order valence-electron chi connectivity index (χ3n) is 5.13. The molecule has 3 aromatic rings. The van der Waals surface area contributed by atoms with Gasteiger partial charge in [-0.15, -0.1) is 9.42 Å². The van der Waals surface area contributed by atoms with Crippen molar-refractivity contribution in [3.05, 3.63) is 71.1 Å². The lowest BCUT2D eigenvalue weighted by molar-refractivity contribution is 0.242. The van der Waals surface area contributed by atoms with E-state index in [1.54, 1.807) is 12.5 Å². The molecule has 1 heterocycles. The first-order valence-corrected chi connectivity index (χ1v) is 13.2. The summed E-state index contributed by atoms with van der Waals surface area (Å²) >= 11 is 6.35. The third kappa shape index (κ3) is 9.28. The zero-order valence-electron chi connectivity index (χ0n) is 20.0. The Kier molecular flexibility index (Phi) is 11.0. The molecule has 1 atom stereocenters. The Labute approximate surface area is 212 Å². The van der Waals surface area contributed by atoms with Crippen molar-refractivity contribution < 1.29 is 27.9 Å². The Bertz CT molecular complexity index is 1070. The standard InChI is InChI=1S/C26H31ClNO6P/c1-19(2)34-26-9-6-20(16-24(26)27)5-3-12-32-25-8-7-21(15-23(25)22-10-14-31-18-22)17-28-11-4-13-33-35(29)30/h6-10,14-16,18-19,28H,3-5,11-13,17H2,1-2H3/p+1. The van der Waals surface area contributed by atoms with Crippen LogP contribution < -0.4 is 14.8 Å². The first-order valence-electron chi connectivity index (χ1n) is 11.7. The predicted octanol–water partition coefficient (Wildman–Crippen LogP) is 6.54. The van der Waals surface area contributed by atoms with Crippen LogP contribution in [0, 0.1) is 0 Å². The second-order valence-electron chi connectivity index (χ2n) is 8.33. The molecule has 9 heteroatoms. The average Bonchev–Trinajstić information content (AvgIpc) is 3.35. The SMILES string of the molecule is CC(C)Oc1ccc(CCCOc2ccc(CNCCCO[P+](=O)O)cc2-c2ccoc2)cc1Cl. The molecule has 7 nitrogen and oxygen atoms in total. The van der Waals surface area contributed by atoms with Gasteiger partial charge in [0, 0.05) is 22.2 Å². The van der Waals surface area contributed by atoms with Gasteiger partial charge in [-0.25, -0.2) is 0 Å². The molecule has 0 fully saturated rings. The van der Waals surface area contributed by atoms with Crippen LogP contribution in [0.25, 0.3) is 11.1 Å². The monoisotopic (exact) mass is 520 g/mol. The van der Waals surface area contributed by atoms with Crippen LogP contribution in [0.2, 0.25) is 5.02 Å². The molecule has 0 saturated heterocycles. The number of halogens is 1. The number of hydrogen-bond acceptors (Lipinski definition) is 6. The molecule has 2 N–H and O–H groups in total. The van der Waals surface area contributed by atoms with Crippen LogP contribution in [0.15, 0.2) is 59.4 Å². The lowest BCUT2D eigenvalue weighted by Gasteiger charge is -2.14. The second kappa shape index (κ2) is 14.2. The number of hydrogen-bond donors (Lipinski definition) is 2. The highest BCUT2D eigenvalue weighted by Gasteiger charge is 2.12. The van der Waals surface area contributed by atoms with Crippen molar-refractivity contribution in [2.45, 2.75) is 45.8 Å². The smallest absolute Gasteiger partial charge is 0.493 e. The van der Waals surface area contributed by atoms with Crippen molar-refractivity contribution in [1.29, 1.82) is 0 Å². The molecule has 0 bridgehead atoms. The summed E-state index contributed by atoms with van der Waals surface area (Å²) in [4.78, 5) is 8.65. The van der Waals surface area contributed by atoms with Crippen LogP contribution in [0.4, 0.5) is 0 Å². The summed E-state index contributed by atoms with van der Waals surface area (Å²) in [5.74, 6) is 1.50. The molecule has 188 valence electrons. The highest BCUT2D eigenvalue weighted by Crippen LogP contribution is 2.32. The summed E-state index contributed by atoms with van der Waals surface area (Å²) in [6.45, 7) is 6.10. The van der Waals surface area contributed by atoms with Gasteiger partial charge in [0.1, 0.15) is 18.1 Å². The Hall–Kier alpha value is -2.41. The van der Waals surface area contributed by atoms with E-state index >= 15 is 0 Å². The maximum atomic E-state index is 10.5. The van der Waals surface area contributed by atoms with E-state index in [0.717, 1.165) is 40.8 Å². The largest absolute Gasteiger partial charge is 0.694 e. The van der Waals surface area contributed by atoms with E-state index in [9.17, 15) is 4.57 Å². The molecule has 2 aromatic carbocycles. The number of ether oxygens (including phenoxy) is 2. The molecule has 1 unspecified atom stereocenters. The van der Waals surface area contributed by atoms with Gasteiger partial charge < -0.3 is 19.2 Å². The van der Waals surface area contributed by atoms with Crippen molar-refractivity contribution in [3.63, 3.8) is 0 Å². The van der Waals surface area contributed by atoms with Gasteiger partial charge in [0.05, 0.1) is 30.3 Å². The molecular formula is C26H32ClNO6P+. The van der Waals surface area contributed by atoms with Crippen molar-refractivity contribution in [2.75, 3.05) is 19.8 Å². The van der Waals surface area contributed by atoms with Crippen LogP contribution in [0.5, 0.6) is 11.5 Å². The van der Waals surface area contributed by atoms with Crippen LogP contribution >= 0.6 is 19.9 Å². The van der Waals surface area contributed by atoms with E-state index in [2.05, 4.69) is 15.9 Å². The number of aryl methyl sites for hydroxylation is 1. The molecule has 0 aliphatic rings. The Morgan fingerprint density at radius 3 is 2.57 bits per heavy atom. The van der Waals surface area contributed by atoms with E-state index in [1.807, 2.05) is 50.2 Å². The lowest BCUT2D eigenvalue weighted by atomic mass is 10.0. The van der Waals surface area contributed by atoms with E-state index in [1.165, 1.54) is 0 Å². The summed E-state index contributed by atoms with van der Waals surface area (Å²) in [5, 5.41) is 3.94. The van der Waals surface area contributed by atoms with Crippen LogP contribution in [-0.2, 0) is 22.1 Å². The number of nitrogens with one attached hydrogen (secondary N) is 1. The van der Waals surface area contributed by atoms with E-state index in [0.29, 0.717) is 36.9 Å². The second-order valence-corrected chi connectivity index (χ2v) is 9.47. The number of furan rings is 1. The minimum atomic E-state index is -2.53. The normalized spacial score (nSPS) is 11.6. The van der Waals surface area contributed by atoms with Gasteiger partial charge in [-0.3, -0.25) is 0 Å². The fourth-order valence-corrected chi connectivity index (χ4v) is 4.07. The van der Waals surface area contributed by atoms with Crippen LogP contribution in [0.1, 0.15) is 37.8 Å². The Morgan fingerprint density at radius 1 is 1.06 bits per heavy atom. The minimum absolute atomic E-state index is 0.0817. The molecule has 0 saturated carbocycles. The summed E-state index contributed by atoms with van der Waals surface area (Å²) < 4.78 is 32.3. The fourth-order valence-electron chi connectivity index (χ4n) is 3.54. The topological polar surface area (TPSA) is 90.2 Å². The molecule has 0 aliphatic heterocycles. The molecule has 0 radical (unpaired) electrons. The van der Waals surface area contributed by atoms with E-state index in [4.69, 9.17) is 30.4 Å². The fraction of sp³-hybridized carbons (Fsp3) is 0.385. The van der Waals surface area contributed by atoms with Gasteiger partial charge in [-0.2, -0.15) is 0 Å². The zero-order chi connectivity index (χ0) is 25.0. The molecule has 35 heavy (non-hydrogen) atoms. The number of benzene rings is 2. The molecule has 1 aromatic heterocycles. The maximum Gasteiger partial charge on any atom is 0.694 e. The van der Waals surface area contributed by atoms with Gasteiger partial charge in [-0.05, 0) is 81.1 Å². The lowest BCUT2D eigenvalue weighted by Crippen LogP contribution is -2.16. The average molecular weight is 521 g/mol. The maximum absolute atomic E-state index is 10.5. The molecule has 0 spiro atoms. The predicted molar refractivity (Wildman–Crippen MR) is 137 cm³/mol. The van der Waals surface area contributed by atoms with Crippen molar-refractivity contribution >= 4 is 19.9 Å². The third-order valence-corrected chi connectivity index (χ3v) is 5.83. The quantitative estimate of drug-likeness (QED) is 0.173. The van der Waals surface area contributed by atoms with Gasteiger partial charge in [0.2, 0.25) is 0 Å². The van der Waals surface area contributed by atoms with Crippen molar-refractivity contribution in [1.82, 2.24) is 5.32 Å². The van der Waals surface area contributed by atoms with Gasteiger partial charge in [-0.1, -0.05) is 23.7 Å². The summed E-state index contributed by atoms with van der Waals surface area (Å²) in [7, 11) is -2.53. The van der Waals surface area contributed by atoms with Crippen LogP contribution in [0.3, 0.4) is 0 Å². The van der Waals surface area contributed by atoms with Gasteiger partial charge in [0.25, 0.3) is 0 Å². The van der Waals surface area contributed by atoms with Gasteiger partial charge in [0.15, 0.2) is 0 Å². The van der Waals surface area contributed by atoms with Crippen LogP contribution in [-0.4, -0.2) is 30.8 Å². The molecule has 3 rings (SSSR count). The van der Waals surface area contributed by atoms with E-state index in [-0.39, 0.29) is 12.7 Å². The first kappa shape index (κ1) is 27.2. The zero-order valence-corrected chi connectivity index (χ0v) is 21.7. The molecule has 0 aliphatic carbocycles. The number of rotatable bonds is 15. The van der Waals surface area contributed by atoms with Gasteiger partial charge >= 0.3 is 8.25 Å². The molecule has 0 amide bonds. The minimum Gasteiger partial charge on any atom is -0.493 e. The highest BCUT2D eigenvalue weighted by molar-refractivity contribution is 7.32.